The molecule has 1 aromatic carbocycles. The molecule has 1 aromatic rings. The summed E-state index contributed by atoms with van der Waals surface area (Å²) >= 11 is 0. The van der Waals surface area contributed by atoms with Gasteiger partial charge >= 0.3 is 0 Å². The van der Waals surface area contributed by atoms with Crippen LogP contribution in [-0.4, -0.2) is 10.2 Å². The van der Waals surface area contributed by atoms with Crippen LogP contribution in [0.15, 0.2) is 30.8 Å². The average Bonchev–Trinajstić information content (AvgIpc) is 1.88. The van der Waals surface area contributed by atoms with E-state index in [-0.39, 0.29) is 0 Å². The second-order valence-electron chi connectivity index (χ2n) is 2.65. The minimum Gasteiger partial charge on any atom is -0.0955 e. The van der Waals surface area contributed by atoms with E-state index in [2.05, 4.69) is 30.8 Å². The van der Waals surface area contributed by atoms with E-state index in [1.165, 1.54) is 10.8 Å². The first-order chi connectivity index (χ1) is 4.70. The summed E-state index contributed by atoms with van der Waals surface area (Å²) in [7, 11) is 1.13. The molecule has 0 aliphatic carbocycles. The van der Waals surface area contributed by atoms with E-state index in [9.17, 15) is 0 Å². The molecule has 0 aromatic heterocycles. The van der Waals surface area contributed by atoms with Crippen molar-refractivity contribution >= 4 is 21.0 Å². The molecule has 0 radical (unpaired) electrons. The Kier molecular flexibility index (Phi) is 2.07. The highest BCUT2D eigenvalue weighted by Crippen LogP contribution is 2.07. The van der Waals surface area contributed by atoms with Crippen molar-refractivity contribution in [2.45, 2.75) is 6.92 Å². The smallest absolute Gasteiger partial charge is 0.0385 e. The van der Waals surface area contributed by atoms with E-state index in [0.29, 0.717) is 0 Å². The molecule has 0 nitrogen and oxygen atoms in total. The van der Waals surface area contributed by atoms with Crippen LogP contribution in [0.5, 0.6) is 0 Å². The fourth-order valence-electron chi connectivity index (χ4n) is 0.911. The summed E-state index contributed by atoms with van der Waals surface area (Å²) in [5.41, 5.74) is 2.42. The van der Waals surface area contributed by atoms with E-state index in [0.717, 1.165) is 15.8 Å². The maximum atomic E-state index is 3.88. The van der Waals surface area contributed by atoms with E-state index in [1.54, 1.807) is 0 Å². The lowest BCUT2D eigenvalue weighted by atomic mass is 10.1. The summed E-state index contributed by atoms with van der Waals surface area (Å²) < 4.78 is 0. The summed E-state index contributed by atoms with van der Waals surface area (Å²) in [5.74, 6) is 0. The lowest BCUT2D eigenvalue weighted by Gasteiger charge is -1.98. The third-order valence-corrected chi connectivity index (χ3v) is 2.13. The van der Waals surface area contributed by atoms with Crippen LogP contribution in [0.4, 0.5) is 0 Å². The van der Waals surface area contributed by atoms with Crippen molar-refractivity contribution in [3.05, 3.63) is 36.4 Å². The molecule has 0 fully saturated rings. The van der Waals surface area contributed by atoms with Crippen LogP contribution in [0, 0.1) is 0 Å². The molecule has 0 heterocycles. The molecule has 0 bridgehead atoms. The van der Waals surface area contributed by atoms with Gasteiger partial charge in [0.2, 0.25) is 0 Å². The van der Waals surface area contributed by atoms with Crippen LogP contribution in [0.1, 0.15) is 12.5 Å². The SMILES string of the molecule is C=C(C)c1cccc([SiH3])c1. The fraction of sp³-hybridized carbons (Fsp3) is 0.111. The van der Waals surface area contributed by atoms with Crippen molar-refractivity contribution in [3.63, 3.8) is 0 Å². The zero-order valence-electron chi connectivity index (χ0n) is 6.52. The van der Waals surface area contributed by atoms with Gasteiger partial charge in [0, 0.05) is 10.2 Å². The van der Waals surface area contributed by atoms with Crippen LogP contribution in [0.3, 0.4) is 0 Å². The Morgan fingerprint density at radius 3 is 2.60 bits per heavy atom. The maximum Gasteiger partial charge on any atom is 0.0385 e. The summed E-state index contributed by atoms with van der Waals surface area (Å²) in [6.07, 6.45) is 0. The molecule has 0 aliphatic rings. The summed E-state index contributed by atoms with van der Waals surface area (Å²) in [6.45, 7) is 5.92. The van der Waals surface area contributed by atoms with Gasteiger partial charge in [-0.1, -0.05) is 41.6 Å². The molecule has 0 amide bonds. The molecule has 10 heavy (non-hydrogen) atoms. The van der Waals surface area contributed by atoms with Gasteiger partial charge in [-0.2, -0.15) is 0 Å². The Bertz CT molecular complexity index is 251. The highest BCUT2D eigenvalue weighted by molar-refractivity contribution is 6.32. The Morgan fingerprint density at radius 2 is 2.20 bits per heavy atom. The van der Waals surface area contributed by atoms with E-state index in [1.807, 2.05) is 6.92 Å². The Balaban J connectivity index is 3.07. The van der Waals surface area contributed by atoms with Crippen LogP contribution in [0.25, 0.3) is 5.57 Å². The van der Waals surface area contributed by atoms with Crippen LogP contribution in [-0.2, 0) is 0 Å². The zero-order valence-corrected chi connectivity index (χ0v) is 8.52. The van der Waals surface area contributed by atoms with Crippen molar-refractivity contribution in [2.75, 3.05) is 0 Å². The van der Waals surface area contributed by atoms with E-state index >= 15 is 0 Å². The van der Waals surface area contributed by atoms with Crippen LogP contribution in [0.2, 0.25) is 0 Å². The summed E-state index contributed by atoms with van der Waals surface area (Å²) in [5, 5.41) is 1.43. The van der Waals surface area contributed by atoms with Gasteiger partial charge in [0.1, 0.15) is 0 Å². The van der Waals surface area contributed by atoms with Gasteiger partial charge < -0.3 is 0 Å². The number of rotatable bonds is 1. The first kappa shape index (κ1) is 7.29. The molecule has 0 atom stereocenters. The Morgan fingerprint density at radius 1 is 1.50 bits per heavy atom. The maximum absolute atomic E-state index is 3.88. The summed E-state index contributed by atoms with van der Waals surface area (Å²) in [4.78, 5) is 0. The number of allylic oxidation sites excluding steroid dienone is 1. The molecule has 0 N–H and O–H groups in total. The van der Waals surface area contributed by atoms with Crippen molar-refractivity contribution in [1.29, 1.82) is 0 Å². The average molecular weight is 148 g/mol. The first-order valence-corrected chi connectivity index (χ1v) is 4.42. The highest BCUT2D eigenvalue weighted by Gasteiger charge is 1.90. The topological polar surface area (TPSA) is 0 Å². The molecule has 52 valence electrons. The zero-order chi connectivity index (χ0) is 7.56. The van der Waals surface area contributed by atoms with Crippen molar-refractivity contribution in [1.82, 2.24) is 0 Å². The van der Waals surface area contributed by atoms with Gasteiger partial charge in [0.05, 0.1) is 0 Å². The van der Waals surface area contributed by atoms with Crippen molar-refractivity contribution < 1.29 is 0 Å². The van der Waals surface area contributed by atoms with Gasteiger partial charge in [0.25, 0.3) is 0 Å². The van der Waals surface area contributed by atoms with Gasteiger partial charge in [-0.05, 0) is 12.5 Å². The molecular formula is C9H12Si. The Labute approximate surface area is 65.0 Å². The summed E-state index contributed by atoms with van der Waals surface area (Å²) in [6, 6.07) is 8.54. The lowest BCUT2D eigenvalue weighted by Crippen LogP contribution is -2.00. The minimum absolute atomic E-state index is 1.13. The minimum atomic E-state index is 1.13. The van der Waals surface area contributed by atoms with Crippen LogP contribution >= 0.6 is 0 Å². The molecular weight excluding hydrogens is 136 g/mol. The molecule has 0 aliphatic heterocycles. The van der Waals surface area contributed by atoms with Gasteiger partial charge in [-0.25, -0.2) is 0 Å². The molecule has 0 saturated heterocycles. The molecule has 0 spiro atoms. The predicted octanol–water partition coefficient (Wildman–Crippen LogP) is 0.710. The monoisotopic (exact) mass is 148 g/mol. The largest absolute Gasteiger partial charge is 0.0955 e. The van der Waals surface area contributed by atoms with Gasteiger partial charge in [-0.15, -0.1) is 0 Å². The quantitative estimate of drug-likeness (QED) is 0.515. The Hall–Kier alpha value is -0.823. The highest BCUT2D eigenvalue weighted by atomic mass is 28.1. The third-order valence-electron chi connectivity index (χ3n) is 1.51. The van der Waals surface area contributed by atoms with Gasteiger partial charge in [-0.3, -0.25) is 0 Å². The second kappa shape index (κ2) is 2.84. The number of benzene rings is 1. The normalized spacial score (nSPS) is 9.70. The molecule has 0 saturated carbocycles. The lowest BCUT2D eigenvalue weighted by molar-refractivity contribution is 1.61. The van der Waals surface area contributed by atoms with Crippen LogP contribution < -0.4 is 5.19 Å². The third kappa shape index (κ3) is 1.58. The van der Waals surface area contributed by atoms with Crippen molar-refractivity contribution in [2.24, 2.45) is 0 Å². The first-order valence-electron chi connectivity index (χ1n) is 3.42. The number of hydrogen-bond donors (Lipinski definition) is 0. The molecule has 0 unspecified atom stereocenters. The second-order valence-corrected chi connectivity index (χ2v) is 3.80. The van der Waals surface area contributed by atoms with E-state index in [4.69, 9.17) is 0 Å². The van der Waals surface area contributed by atoms with Gasteiger partial charge in [0.15, 0.2) is 0 Å². The molecule has 1 heteroatoms. The van der Waals surface area contributed by atoms with E-state index < -0.39 is 0 Å². The molecule has 1 rings (SSSR count). The predicted molar refractivity (Wildman–Crippen MR) is 50.7 cm³/mol. The fourth-order valence-corrected chi connectivity index (χ4v) is 1.41. The standard InChI is InChI=1S/C9H12Si/c1-7(2)8-4-3-5-9(10)6-8/h3-6H,1H2,2,10H3. The van der Waals surface area contributed by atoms with Crippen molar-refractivity contribution in [3.8, 4) is 0 Å². The number of hydrogen-bond acceptors (Lipinski definition) is 0.